The Morgan fingerprint density at radius 2 is 1.35 bits per heavy atom. The quantitative estimate of drug-likeness (QED) is 0.525. The standard InChI is InChI=1S/C14H37NO2Si3/c1-9-11-13-15(14-12-10-2)19(5,6)17-20(7,8)16-18(3)4/h18H,9-14H2,1-8H3. The highest BCUT2D eigenvalue weighted by molar-refractivity contribution is 6.83. The zero-order chi connectivity index (χ0) is 15.8. The van der Waals surface area contributed by atoms with E-state index in [1.54, 1.807) is 0 Å². The van der Waals surface area contributed by atoms with E-state index in [0.29, 0.717) is 0 Å². The second-order valence-corrected chi connectivity index (χ2v) is 17.0. The average molecular weight is 336 g/mol. The van der Waals surface area contributed by atoms with Crippen molar-refractivity contribution >= 4 is 26.1 Å². The molecule has 0 bridgehead atoms. The zero-order valence-electron chi connectivity index (χ0n) is 15.1. The summed E-state index contributed by atoms with van der Waals surface area (Å²) in [6.45, 7) is 20.5. The SMILES string of the molecule is CCCCN(CCCC)[Si](C)(C)O[Si](C)(C)O[SiH](C)C. The predicted molar refractivity (Wildman–Crippen MR) is 97.4 cm³/mol. The van der Waals surface area contributed by atoms with Gasteiger partial charge in [-0.2, -0.15) is 0 Å². The van der Waals surface area contributed by atoms with Crippen LogP contribution in [0.3, 0.4) is 0 Å². The molecule has 0 spiro atoms. The Hall–Kier alpha value is 0.531. The highest BCUT2D eigenvalue weighted by atomic mass is 28.5. The monoisotopic (exact) mass is 335 g/mol. The summed E-state index contributed by atoms with van der Waals surface area (Å²) in [5.74, 6) is 0. The Morgan fingerprint density at radius 1 is 0.900 bits per heavy atom. The number of rotatable bonds is 11. The van der Waals surface area contributed by atoms with E-state index >= 15 is 0 Å². The smallest absolute Gasteiger partial charge is 0.311 e. The van der Waals surface area contributed by atoms with Crippen molar-refractivity contribution in [1.29, 1.82) is 0 Å². The third-order valence-corrected chi connectivity index (χ3v) is 13.4. The van der Waals surface area contributed by atoms with Crippen LogP contribution in [-0.2, 0) is 8.23 Å². The average Bonchev–Trinajstić information content (AvgIpc) is 2.25. The van der Waals surface area contributed by atoms with Gasteiger partial charge >= 0.3 is 8.56 Å². The molecular formula is C14H37NO2Si3. The third kappa shape index (κ3) is 8.74. The molecule has 3 nitrogen and oxygen atoms in total. The zero-order valence-corrected chi connectivity index (χ0v) is 18.2. The van der Waals surface area contributed by atoms with Gasteiger partial charge in [-0.05, 0) is 65.2 Å². The lowest BCUT2D eigenvalue weighted by Gasteiger charge is -2.41. The molecule has 0 rings (SSSR count). The van der Waals surface area contributed by atoms with Gasteiger partial charge in [0.1, 0.15) is 0 Å². The van der Waals surface area contributed by atoms with Gasteiger partial charge in [0.2, 0.25) is 0 Å². The molecule has 0 aromatic carbocycles. The van der Waals surface area contributed by atoms with Gasteiger partial charge in [0.25, 0.3) is 8.48 Å². The summed E-state index contributed by atoms with van der Waals surface area (Å²) in [5.41, 5.74) is 0. The maximum absolute atomic E-state index is 6.61. The first-order valence-electron chi connectivity index (χ1n) is 8.27. The lowest BCUT2D eigenvalue weighted by Crippen LogP contribution is -2.58. The fourth-order valence-corrected chi connectivity index (χ4v) is 14.5. The van der Waals surface area contributed by atoms with Crippen LogP contribution in [0.15, 0.2) is 0 Å². The molecule has 0 saturated heterocycles. The van der Waals surface area contributed by atoms with Crippen molar-refractivity contribution < 1.29 is 8.23 Å². The molecule has 0 aliphatic heterocycles. The summed E-state index contributed by atoms with van der Waals surface area (Å²) < 4.78 is 15.4. The summed E-state index contributed by atoms with van der Waals surface area (Å²) >= 11 is 0. The first-order chi connectivity index (χ1) is 9.14. The maximum Gasteiger partial charge on any atom is 0.311 e. The van der Waals surface area contributed by atoms with Crippen LogP contribution in [0.2, 0.25) is 39.3 Å². The molecule has 0 N–H and O–H groups in total. The Morgan fingerprint density at radius 3 is 1.70 bits per heavy atom. The molecule has 0 saturated carbocycles. The van der Waals surface area contributed by atoms with E-state index in [0.717, 1.165) is 0 Å². The number of hydrogen-bond donors (Lipinski definition) is 0. The minimum Gasteiger partial charge on any atom is -0.440 e. The van der Waals surface area contributed by atoms with Crippen LogP contribution in [0.4, 0.5) is 0 Å². The van der Waals surface area contributed by atoms with E-state index in [9.17, 15) is 0 Å². The van der Waals surface area contributed by atoms with Crippen LogP contribution in [0, 0.1) is 0 Å². The summed E-state index contributed by atoms with van der Waals surface area (Å²) in [5, 5.41) is 0. The van der Waals surface area contributed by atoms with Crippen molar-refractivity contribution in [3.63, 3.8) is 0 Å². The molecular weight excluding hydrogens is 298 g/mol. The van der Waals surface area contributed by atoms with Gasteiger partial charge < -0.3 is 12.8 Å². The molecule has 0 amide bonds. The van der Waals surface area contributed by atoms with Crippen molar-refractivity contribution in [3.8, 4) is 0 Å². The molecule has 0 radical (unpaired) electrons. The lowest BCUT2D eigenvalue weighted by atomic mass is 10.3. The fourth-order valence-electron chi connectivity index (χ4n) is 2.61. The molecule has 0 aromatic rings. The Bertz CT molecular complexity index is 253. The van der Waals surface area contributed by atoms with Crippen molar-refractivity contribution in [1.82, 2.24) is 4.57 Å². The molecule has 6 heteroatoms. The Balaban J connectivity index is 4.72. The van der Waals surface area contributed by atoms with Crippen LogP contribution in [-0.4, -0.2) is 43.7 Å². The van der Waals surface area contributed by atoms with Crippen molar-refractivity contribution in [2.75, 3.05) is 13.1 Å². The van der Waals surface area contributed by atoms with Crippen molar-refractivity contribution in [3.05, 3.63) is 0 Å². The van der Waals surface area contributed by atoms with Gasteiger partial charge in [-0.3, -0.25) is 0 Å². The molecule has 122 valence electrons. The molecule has 20 heavy (non-hydrogen) atoms. The van der Waals surface area contributed by atoms with Gasteiger partial charge in [-0.15, -0.1) is 0 Å². The van der Waals surface area contributed by atoms with E-state index in [4.69, 9.17) is 8.23 Å². The Labute approximate surface area is 131 Å². The van der Waals surface area contributed by atoms with Gasteiger partial charge in [-0.25, -0.2) is 0 Å². The molecule has 0 aliphatic rings. The summed E-state index contributed by atoms with van der Waals surface area (Å²) in [6, 6.07) is 0. The highest BCUT2D eigenvalue weighted by Crippen LogP contribution is 2.21. The van der Waals surface area contributed by atoms with Gasteiger partial charge in [-0.1, -0.05) is 26.7 Å². The molecule has 0 atom stereocenters. The second kappa shape index (κ2) is 9.53. The fraction of sp³-hybridized carbons (Fsp3) is 1.00. The summed E-state index contributed by atoms with van der Waals surface area (Å²) in [7, 11) is -4.80. The van der Waals surface area contributed by atoms with E-state index in [1.807, 2.05) is 0 Å². The number of nitrogens with zero attached hydrogens (tertiary/aromatic N) is 1. The first kappa shape index (κ1) is 20.5. The molecule has 0 heterocycles. The van der Waals surface area contributed by atoms with Crippen LogP contribution in [0.1, 0.15) is 39.5 Å². The van der Waals surface area contributed by atoms with Crippen molar-refractivity contribution in [2.45, 2.75) is 78.8 Å². The molecule has 0 unspecified atom stereocenters. The Kier molecular flexibility index (Phi) is 9.78. The predicted octanol–water partition coefficient (Wildman–Crippen LogP) is 4.31. The first-order valence-corrected chi connectivity index (χ1v) is 16.7. The summed E-state index contributed by atoms with van der Waals surface area (Å²) in [4.78, 5) is 0. The molecule has 0 aromatic heterocycles. The third-order valence-electron chi connectivity index (χ3n) is 3.34. The van der Waals surface area contributed by atoms with Crippen LogP contribution in [0.5, 0.6) is 0 Å². The number of hydrogen-bond acceptors (Lipinski definition) is 3. The van der Waals surface area contributed by atoms with E-state index in [2.05, 4.69) is 57.7 Å². The topological polar surface area (TPSA) is 21.7 Å². The normalized spacial score (nSPS) is 13.5. The largest absolute Gasteiger partial charge is 0.440 e. The van der Waals surface area contributed by atoms with E-state index in [1.165, 1.54) is 38.8 Å². The minimum absolute atomic E-state index is 1.02. The van der Waals surface area contributed by atoms with Gasteiger partial charge in [0.15, 0.2) is 9.04 Å². The van der Waals surface area contributed by atoms with Crippen molar-refractivity contribution in [2.24, 2.45) is 0 Å². The van der Waals surface area contributed by atoms with Gasteiger partial charge in [0.05, 0.1) is 0 Å². The maximum atomic E-state index is 6.61. The van der Waals surface area contributed by atoms with Gasteiger partial charge in [0, 0.05) is 0 Å². The van der Waals surface area contributed by atoms with Crippen LogP contribution in [0.25, 0.3) is 0 Å². The lowest BCUT2D eigenvalue weighted by molar-refractivity contribution is 0.307. The second-order valence-electron chi connectivity index (χ2n) is 6.81. The van der Waals surface area contributed by atoms with E-state index in [-0.39, 0.29) is 0 Å². The number of unbranched alkanes of at least 4 members (excludes halogenated alkanes) is 2. The minimum atomic E-state index is -1.96. The van der Waals surface area contributed by atoms with Crippen LogP contribution < -0.4 is 0 Å². The van der Waals surface area contributed by atoms with E-state index < -0.39 is 26.1 Å². The molecule has 0 aliphatic carbocycles. The highest BCUT2D eigenvalue weighted by Gasteiger charge is 2.39. The summed E-state index contributed by atoms with van der Waals surface area (Å²) in [6.07, 6.45) is 5.04. The van der Waals surface area contributed by atoms with Crippen LogP contribution >= 0.6 is 0 Å². The molecule has 0 fully saturated rings.